The van der Waals surface area contributed by atoms with E-state index in [0.29, 0.717) is 31.6 Å². The normalized spacial score (nSPS) is 16.7. The summed E-state index contributed by atoms with van der Waals surface area (Å²) in [6, 6.07) is 4.30. The summed E-state index contributed by atoms with van der Waals surface area (Å²) in [5, 5.41) is 11.3. The predicted octanol–water partition coefficient (Wildman–Crippen LogP) is 1.41. The Morgan fingerprint density at radius 1 is 1.33 bits per heavy atom. The zero-order chi connectivity index (χ0) is 15.6. The maximum absolute atomic E-state index is 11.7. The second kappa shape index (κ2) is 5.80. The number of nitrogens with zero attached hydrogens (tertiary/aromatic N) is 2. The van der Waals surface area contributed by atoms with E-state index in [1.54, 1.807) is 11.0 Å². The number of piperidine rings is 1. The van der Waals surface area contributed by atoms with Crippen LogP contribution in [0, 0.1) is 16.0 Å². The van der Waals surface area contributed by atoms with Crippen LogP contribution in [0.1, 0.15) is 12.8 Å². The lowest BCUT2D eigenvalue weighted by Gasteiger charge is -2.31. The zero-order valence-electron chi connectivity index (χ0n) is 11.6. The number of carbonyl (C=O) groups is 1. The Kier molecular flexibility index (Phi) is 4.26. The highest BCUT2D eigenvalue weighted by atomic mass is 32.2. The van der Waals surface area contributed by atoms with Gasteiger partial charge in [-0.25, -0.2) is 8.42 Å². The van der Waals surface area contributed by atoms with E-state index in [9.17, 15) is 23.3 Å². The quantitative estimate of drug-likeness (QED) is 0.474. The fraction of sp³-hybridized carbons (Fsp3) is 0.462. The van der Waals surface area contributed by atoms with Crippen molar-refractivity contribution >= 4 is 27.5 Å². The molecule has 1 aromatic carbocycles. The number of carbonyl (C=O) groups excluding carboxylic acids is 1. The van der Waals surface area contributed by atoms with Crippen LogP contribution in [-0.2, 0) is 14.6 Å². The Balaban J connectivity index is 2.45. The molecule has 0 amide bonds. The Labute approximate surface area is 122 Å². The Bertz CT molecular complexity index is 663. The van der Waals surface area contributed by atoms with Gasteiger partial charge in [-0.05, 0) is 25.0 Å². The van der Waals surface area contributed by atoms with Gasteiger partial charge in [0.15, 0.2) is 9.84 Å². The Hall–Kier alpha value is -1.96. The van der Waals surface area contributed by atoms with Crippen LogP contribution in [0.4, 0.5) is 11.4 Å². The smallest absolute Gasteiger partial charge is 0.311 e. The van der Waals surface area contributed by atoms with Crippen LogP contribution in [0.25, 0.3) is 0 Å². The van der Waals surface area contributed by atoms with Crippen molar-refractivity contribution < 1.29 is 18.1 Å². The monoisotopic (exact) mass is 312 g/mol. The fourth-order valence-electron chi connectivity index (χ4n) is 2.53. The topological polar surface area (TPSA) is 97.6 Å². The van der Waals surface area contributed by atoms with Crippen LogP contribution in [-0.4, -0.2) is 39.0 Å². The first-order chi connectivity index (χ1) is 9.84. The van der Waals surface area contributed by atoms with Crippen LogP contribution in [0.3, 0.4) is 0 Å². The number of sulfone groups is 1. The first kappa shape index (κ1) is 15.4. The summed E-state index contributed by atoms with van der Waals surface area (Å²) in [6.07, 6.45) is 3.09. The van der Waals surface area contributed by atoms with Gasteiger partial charge in [-0.2, -0.15) is 0 Å². The molecule has 0 saturated carbocycles. The number of nitro groups is 1. The molecule has 0 N–H and O–H groups in total. The van der Waals surface area contributed by atoms with E-state index in [0.717, 1.165) is 12.5 Å². The van der Waals surface area contributed by atoms with Crippen LogP contribution in [0.5, 0.6) is 0 Å². The maximum atomic E-state index is 11.7. The summed E-state index contributed by atoms with van der Waals surface area (Å²) in [5.41, 5.74) is -0.0863. The van der Waals surface area contributed by atoms with Gasteiger partial charge in [-0.3, -0.25) is 10.1 Å². The molecule has 21 heavy (non-hydrogen) atoms. The molecule has 8 heteroatoms. The average molecular weight is 312 g/mol. The molecule has 0 spiro atoms. The second-order valence-corrected chi connectivity index (χ2v) is 7.10. The van der Waals surface area contributed by atoms with E-state index in [2.05, 4.69) is 0 Å². The van der Waals surface area contributed by atoms with Crippen molar-refractivity contribution in [2.45, 2.75) is 17.7 Å². The molecular weight excluding hydrogens is 296 g/mol. The van der Waals surface area contributed by atoms with Gasteiger partial charge >= 0.3 is 5.69 Å². The summed E-state index contributed by atoms with van der Waals surface area (Å²) >= 11 is 0. The number of hydrogen-bond acceptors (Lipinski definition) is 6. The number of para-hydroxylation sites is 1. The van der Waals surface area contributed by atoms with Gasteiger partial charge in [0.05, 0.1) is 4.92 Å². The lowest BCUT2D eigenvalue weighted by molar-refractivity contribution is -0.387. The number of anilines is 1. The minimum Gasteiger partial charge on any atom is -0.366 e. The molecule has 0 aliphatic carbocycles. The van der Waals surface area contributed by atoms with Crippen molar-refractivity contribution in [3.63, 3.8) is 0 Å². The van der Waals surface area contributed by atoms with Gasteiger partial charge in [0.1, 0.15) is 16.9 Å². The molecule has 0 bridgehead atoms. The first-order valence-corrected chi connectivity index (χ1v) is 8.41. The molecule has 0 aromatic heterocycles. The van der Waals surface area contributed by atoms with Crippen LogP contribution in [0.15, 0.2) is 23.1 Å². The number of nitro benzene ring substituents is 1. The highest BCUT2D eigenvalue weighted by Crippen LogP contribution is 2.36. The van der Waals surface area contributed by atoms with E-state index in [1.807, 2.05) is 0 Å². The fourth-order valence-corrected chi connectivity index (χ4v) is 3.38. The minimum atomic E-state index is -3.68. The molecule has 2 rings (SSSR count). The highest BCUT2D eigenvalue weighted by molar-refractivity contribution is 7.90. The van der Waals surface area contributed by atoms with E-state index in [1.165, 1.54) is 12.1 Å². The summed E-state index contributed by atoms with van der Waals surface area (Å²) in [5.74, 6) is -0.0293. The zero-order valence-corrected chi connectivity index (χ0v) is 12.4. The van der Waals surface area contributed by atoms with Crippen molar-refractivity contribution in [3.05, 3.63) is 28.3 Å². The molecule has 0 atom stereocenters. The molecule has 114 valence electrons. The molecular formula is C13H16N2O5S. The highest BCUT2D eigenvalue weighted by Gasteiger charge is 2.30. The number of benzene rings is 1. The van der Waals surface area contributed by atoms with Crippen molar-refractivity contribution in [2.24, 2.45) is 5.92 Å². The predicted molar refractivity (Wildman–Crippen MR) is 77.2 cm³/mol. The Morgan fingerprint density at radius 2 is 1.95 bits per heavy atom. The van der Waals surface area contributed by atoms with Gasteiger partial charge in [-0.15, -0.1) is 0 Å². The minimum absolute atomic E-state index is 0.0293. The number of aldehydes is 1. The summed E-state index contributed by atoms with van der Waals surface area (Å²) < 4.78 is 23.4. The largest absolute Gasteiger partial charge is 0.366 e. The molecule has 0 unspecified atom stereocenters. The van der Waals surface area contributed by atoms with E-state index >= 15 is 0 Å². The van der Waals surface area contributed by atoms with Gasteiger partial charge in [-0.1, -0.05) is 6.07 Å². The molecule has 1 heterocycles. The van der Waals surface area contributed by atoms with Crippen molar-refractivity contribution in [1.29, 1.82) is 0 Å². The third-order valence-corrected chi connectivity index (χ3v) is 4.76. The molecule has 0 radical (unpaired) electrons. The molecule has 1 fully saturated rings. The summed E-state index contributed by atoms with van der Waals surface area (Å²) in [6.45, 7) is 0.995. The van der Waals surface area contributed by atoms with Gasteiger partial charge in [0, 0.05) is 25.3 Å². The van der Waals surface area contributed by atoms with E-state index < -0.39 is 14.8 Å². The molecule has 1 aromatic rings. The SMILES string of the molecule is CS(=O)(=O)c1cccc(N2CCC(C=O)CC2)c1[N+](=O)[O-]. The molecule has 1 aliphatic heterocycles. The lowest BCUT2D eigenvalue weighted by Crippen LogP contribution is -2.34. The molecule has 1 saturated heterocycles. The second-order valence-electron chi connectivity index (χ2n) is 5.11. The number of hydrogen-bond donors (Lipinski definition) is 0. The third kappa shape index (κ3) is 3.21. The average Bonchev–Trinajstić information content (AvgIpc) is 2.45. The summed E-state index contributed by atoms with van der Waals surface area (Å²) in [7, 11) is -3.68. The molecule has 7 nitrogen and oxygen atoms in total. The van der Waals surface area contributed by atoms with Crippen molar-refractivity contribution in [2.75, 3.05) is 24.2 Å². The molecule has 1 aliphatic rings. The van der Waals surface area contributed by atoms with Crippen LogP contribution in [0.2, 0.25) is 0 Å². The van der Waals surface area contributed by atoms with E-state index in [-0.39, 0.29) is 16.5 Å². The first-order valence-electron chi connectivity index (χ1n) is 6.52. The van der Waals surface area contributed by atoms with Crippen LogP contribution >= 0.6 is 0 Å². The Morgan fingerprint density at radius 3 is 2.43 bits per heavy atom. The van der Waals surface area contributed by atoms with Crippen molar-refractivity contribution in [1.82, 2.24) is 0 Å². The lowest BCUT2D eigenvalue weighted by atomic mass is 9.98. The third-order valence-electron chi connectivity index (χ3n) is 3.63. The standard InChI is InChI=1S/C13H16N2O5S/c1-21(19,20)12-4-2-3-11(13(12)15(17)18)14-7-5-10(9-16)6-8-14/h2-4,9-10H,5-8H2,1H3. The summed E-state index contributed by atoms with van der Waals surface area (Å²) in [4.78, 5) is 22.9. The number of rotatable bonds is 4. The van der Waals surface area contributed by atoms with Crippen LogP contribution < -0.4 is 4.90 Å². The maximum Gasteiger partial charge on any atom is 0.311 e. The van der Waals surface area contributed by atoms with Gasteiger partial charge in [0.2, 0.25) is 0 Å². The van der Waals surface area contributed by atoms with Gasteiger partial charge in [0.25, 0.3) is 0 Å². The van der Waals surface area contributed by atoms with Crippen molar-refractivity contribution in [3.8, 4) is 0 Å². The van der Waals surface area contributed by atoms with Gasteiger partial charge < -0.3 is 9.69 Å². The van der Waals surface area contributed by atoms with E-state index in [4.69, 9.17) is 0 Å².